The molecule has 0 aromatic heterocycles. The zero-order valence-corrected chi connectivity index (χ0v) is 11.7. The molecule has 2 rings (SSSR count). The number of nitrogens with zero attached hydrogens (tertiary/aromatic N) is 1. The maximum absolute atomic E-state index is 12.2. The Kier molecular flexibility index (Phi) is 5.63. The lowest BCUT2D eigenvalue weighted by molar-refractivity contribution is -0.135. The van der Waals surface area contributed by atoms with E-state index in [2.05, 4.69) is 24.4 Å². The number of carbonyl (C=O) groups is 1. The van der Waals surface area contributed by atoms with Crippen molar-refractivity contribution < 1.29 is 4.79 Å². The highest BCUT2D eigenvalue weighted by Gasteiger charge is 2.27. The predicted octanol–water partition coefficient (Wildman–Crippen LogP) is 2.24. The first-order chi connectivity index (χ1) is 8.20. The Balaban J connectivity index is 0.00000162. The Morgan fingerprint density at radius 2 is 2.06 bits per heavy atom. The molecule has 1 heterocycles. The Bertz CT molecular complexity index is 377. The monoisotopic (exact) mass is 268 g/mol. The Hall–Kier alpha value is -1.06. The fraction of sp³-hybridized carbons (Fsp3) is 0.500. The molecule has 0 saturated carbocycles. The van der Waals surface area contributed by atoms with Crippen LogP contribution in [0.4, 0.5) is 0 Å². The molecule has 1 aliphatic heterocycles. The van der Waals surface area contributed by atoms with Crippen LogP contribution in [0.3, 0.4) is 0 Å². The number of rotatable bonds is 3. The van der Waals surface area contributed by atoms with Crippen LogP contribution in [0.2, 0.25) is 0 Å². The van der Waals surface area contributed by atoms with E-state index in [-0.39, 0.29) is 30.3 Å². The lowest BCUT2D eigenvalue weighted by Gasteiger charge is -2.27. The summed E-state index contributed by atoms with van der Waals surface area (Å²) in [5, 5.41) is 3.24. The fourth-order valence-corrected chi connectivity index (χ4v) is 2.30. The van der Waals surface area contributed by atoms with E-state index in [1.54, 1.807) is 0 Å². The number of carbonyl (C=O) groups excluding carboxylic acids is 1. The highest BCUT2D eigenvalue weighted by atomic mass is 35.5. The van der Waals surface area contributed by atoms with E-state index < -0.39 is 0 Å². The molecule has 3 nitrogen and oxygen atoms in total. The van der Waals surface area contributed by atoms with Gasteiger partial charge in [-0.05, 0) is 25.5 Å². The summed E-state index contributed by atoms with van der Waals surface area (Å²) in [5.41, 5.74) is 1.19. The van der Waals surface area contributed by atoms with Gasteiger partial charge in [-0.3, -0.25) is 4.79 Å². The first kappa shape index (κ1) is 15.0. The molecule has 1 amide bonds. The fourth-order valence-electron chi connectivity index (χ4n) is 2.30. The van der Waals surface area contributed by atoms with Crippen LogP contribution in [0.15, 0.2) is 30.3 Å². The van der Waals surface area contributed by atoms with Crippen molar-refractivity contribution >= 4 is 18.3 Å². The second kappa shape index (κ2) is 6.76. The minimum Gasteiger partial charge on any atom is -0.339 e. The van der Waals surface area contributed by atoms with E-state index in [1.807, 2.05) is 30.1 Å². The summed E-state index contributed by atoms with van der Waals surface area (Å²) in [6.45, 7) is 3.87. The largest absolute Gasteiger partial charge is 0.339 e. The zero-order chi connectivity index (χ0) is 12.3. The molecule has 2 unspecified atom stereocenters. The lowest BCUT2D eigenvalue weighted by Crippen LogP contribution is -2.35. The second-order valence-electron chi connectivity index (χ2n) is 4.73. The summed E-state index contributed by atoms with van der Waals surface area (Å²) < 4.78 is 0. The molecule has 4 heteroatoms. The maximum atomic E-state index is 12.2. The van der Waals surface area contributed by atoms with Gasteiger partial charge < -0.3 is 10.2 Å². The molecular weight excluding hydrogens is 248 g/mol. The van der Waals surface area contributed by atoms with Gasteiger partial charge in [0.15, 0.2) is 0 Å². The van der Waals surface area contributed by atoms with E-state index >= 15 is 0 Å². The summed E-state index contributed by atoms with van der Waals surface area (Å²) in [7, 11) is 1.90. The molecule has 0 aliphatic carbocycles. The van der Waals surface area contributed by atoms with Crippen molar-refractivity contribution in [2.24, 2.45) is 5.92 Å². The van der Waals surface area contributed by atoms with Crippen molar-refractivity contribution in [2.75, 3.05) is 20.1 Å². The van der Waals surface area contributed by atoms with Crippen LogP contribution in [0.25, 0.3) is 0 Å². The first-order valence-corrected chi connectivity index (χ1v) is 6.22. The Morgan fingerprint density at radius 1 is 1.39 bits per heavy atom. The average Bonchev–Trinajstić information content (AvgIpc) is 2.91. The number of hydrogen-bond acceptors (Lipinski definition) is 2. The van der Waals surface area contributed by atoms with Gasteiger partial charge in [0.25, 0.3) is 0 Å². The molecule has 1 aliphatic rings. The zero-order valence-electron chi connectivity index (χ0n) is 10.9. The predicted molar refractivity (Wildman–Crippen MR) is 75.9 cm³/mol. The van der Waals surface area contributed by atoms with Crippen molar-refractivity contribution in [3.05, 3.63) is 35.9 Å². The van der Waals surface area contributed by atoms with E-state index in [4.69, 9.17) is 0 Å². The van der Waals surface area contributed by atoms with Gasteiger partial charge >= 0.3 is 0 Å². The van der Waals surface area contributed by atoms with Gasteiger partial charge in [-0.1, -0.05) is 30.3 Å². The molecule has 1 fully saturated rings. The average molecular weight is 269 g/mol. The number of nitrogens with one attached hydrogen (secondary N) is 1. The van der Waals surface area contributed by atoms with Crippen LogP contribution in [-0.4, -0.2) is 30.9 Å². The van der Waals surface area contributed by atoms with E-state index in [0.717, 1.165) is 19.5 Å². The molecule has 1 aromatic carbocycles. The molecule has 0 radical (unpaired) electrons. The number of halogens is 1. The van der Waals surface area contributed by atoms with Gasteiger partial charge in [-0.25, -0.2) is 0 Å². The standard InChI is InChI=1S/C14H20N2O.ClH/c1-11(12-6-4-3-5-7-12)16(2)14(17)13-8-9-15-10-13;/h3-7,11,13,15H,8-10H2,1-2H3;1H. The summed E-state index contributed by atoms with van der Waals surface area (Å²) in [6.07, 6.45) is 0.963. The highest BCUT2D eigenvalue weighted by Crippen LogP contribution is 2.21. The number of benzene rings is 1. The SMILES string of the molecule is CC(c1ccccc1)N(C)C(=O)C1CCNC1.Cl. The van der Waals surface area contributed by atoms with Crippen molar-refractivity contribution in [1.82, 2.24) is 10.2 Å². The molecule has 1 N–H and O–H groups in total. The van der Waals surface area contributed by atoms with Crippen LogP contribution in [0.5, 0.6) is 0 Å². The number of amides is 1. The van der Waals surface area contributed by atoms with Gasteiger partial charge in [-0.2, -0.15) is 0 Å². The Morgan fingerprint density at radius 3 is 2.61 bits per heavy atom. The van der Waals surface area contributed by atoms with Crippen LogP contribution in [0.1, 0.15) is 24.9 Å². The first-order valence-electron chi connectivity index (χ1n) is 6.22. The summed E-state index contributed by atoms with van der Waals surface area (Å²) in [5.74, 6) is 0.414. The van der Waals surface area contributed by atoms with Crippen LogP contribution >= 0.6 is 12.4 Å². The molecular formula is C14H21ClN2O. The van der Waals surface area contributed by atoms with Crippen molar-refractivity contribution in [3.8, 4) is 0 Å². The van der Waals surface area contributed by atoms with E-state index in [1.165, 1.54) is 5.56 Å². The third-order valence-electron chi connectivity index (χ3n) is 3.62. The second-order valence-corrected chi connectivity index (χ2v) is 4.73. The van der Waals surface area contributed by atoms with Gasteiger partial charge in [0.05, 0.1) is 12.0 Å². The third kappa shape index (κ3) is 3.24. The molecule has 1 aromatic rings. The van der Waals surface area contributed by atoms with Crippen molar-refractivity contribution in [1.29, 1.82) is 0 Å². The Labute approximate surface area is 115 Å². The molecule has 1 saturated heterocycles. The van der Waals surface area contributed by atoms with E-state index in [0.29, 0.717) is 0 Å². The minimum atomic E-state index is 0. The van der Waals surface area contributed by atoms with Gasteiger partial charge in [-0.15, -0.1) is 12.4 Å². The van der Waals surface area contributed by atoms with Crippen LogP contribution < -0.4 is 5.32 Å². The van der Waals surface area contributed by atoms with Gasteiger partial charge in [0, 0.05) is 13.6 Å². The molecule has 0 bridgehead atoms. The van der Waals surface area contributed by atoms with Gasteiger partial charge in [0.2, 0.25) is 5.91 Å². The summed E-state index contributed by atoms with van der Waals surface area (Å²) in [6, 6.07) is 10.3. The van der Waals surface area contributed by atoms with Crippen LogP contribution in [0, 0.1) is 5.92 Å². The van der Waals surface area contributed by atoms with Crippen molar-refractivity contribution in [3.63, 3.8) is 0 Å². The normalized spacial score (nSPS) is 20.0. The third-order valence-corrected chi connectivity index (χ3v) is 3.62. The minimum absolute atomic E-state index is 0. The smallest absolute Gasteiger partial charge is 0.227 e. The maximum Gasteiger partial charge on any atom is 0.227 e. The molecule has 0 spiro atoms. The molecule has 18 heavy (non-hydrogen) atoms. The van der Waals surface area contributed by atoms with Gasteiger partial charge in [0.1, 0.15) is 0 Å². The van der Waals surface area contributed by atoms with Crippen molar-refractivity contribution in [2.45, 2.75) is 19.4 Å². The molecule has 100 valence electrons. The van der Waals surface area contributed by atoms with Crippen LogP contribution in [-0.2, 0) is 4.79 Å². The summed E-state index contributed by atoms with van der Waals surface area (Å²) in [4.78, 5) is 14.1. The highest BCUT2D eigenvalue weighted by molar-refractivity contribution is 5.85. The lowest BCUT2D eigenvalue weighted by atomic mass is 10.0. The van der Waals surface area contributed by atoms with E-state index in [9.17, 15) is 4.79 Å². The topological polar surface area (TPSA) is 32.3 Å². The summed E-state index contributed by atoms with van der Waals surface area (Å²) >= 11 is 0. The molecule has 2 atom stereocenters. The number of hydrogen-bond donors (Lipinski definition) is 1. The quantitative estimate of drug-likeness (QED) is 0.912.